The van der Waals surface area contributed by atoms with E-state index in [0.717, 1.165) is 23.9 Å². The average molecular weight is 549 g/mol. The lowest BCUT2D eigenvalue weighted by atomic mass is 10.0. The van der Waals surface area contributed by atoms with Crippen LogP contribution in [-0.2, 0) is 26.2 Å². The summed E-state index contributed by atoms with van der Waals surface area (Å²) in [5.41, 5.74) is 6.98. The number of hydrogen-bond donors (Lipinski definition) is 2. The molecule has 1 saturated heterocycles. The van der Waals surface area contributed by atoms with E-state index in [2.05, 4.69) is 10.2 Å². The van der Waals surface area contributed by atoms with E-state index < -0.39 is 22.0 Å². The molecule has 2 aromatic rings. The predicted molar refractivity (Wildman–Crippen MR) is 147 cm³/mol. The number of likely N-dealkylation sites (tertiary alicyclic amines) is 1. The summed E-state index contributed by atoms with van der Waals surface area (Å²) in [4.78, 5) is 27.2. The van der Waals surface area contributed by atoms with E-state index >= 15 is 0 Å². The topological polar surface area (TPSA) is 113 Å². The molecular formula is C27H37ClN4O4S. The predicted octanol–water partition coefficient (Wildman–Crippen LogP) is 4.25. The van der Waals surface area contributed by atoms with Gasteiger partial charge in [0.25, 0.3) is 0 Å². The number of anilines is 1. The van der Waals surface area contributed by atoms with Crippen molar-refractivity contribution >= 4 is 39.1 Å². The van der Waals surface area contributed by atoms with Crippen molar-refractivity contribution in [2.75, 3.05) is 25.0 Å². The lowest BCUT2D eigenvalue weighted by Crippen LogP contribution is -2.48. The maximum absolute atomic E-state index is 13.6. The van der Waals surface area contributed by atoms with Gasteiger partial charge < -0.3 is 16.0 Å². The van der Waals surface area contributed by atoms with Crippen LogP contribution in [0.25, 0.3) is 0 Å². The summed E-state index contributed by atoms with van der Waals surface area (Å²) in [6, 6.07) is 11.8. The number of rotatable bonds is 12. The van der Waals surface area contributed by atoms with E-state index in [-0.39, 0.29) is 29.7 Å². The Morgan fingerprint density at radius 2 is 1.65 bits per heavy atom. The first-order valence-electron chi connectivity index (χ1n) is 12.7. The molecule has 1 unspecified atom stereocenters. The zero-order valence-electron chi connectivity index (χ0n) is 21.5. The van der Waals surface area contributed by atoms with Crippen molar-refractivity contribution in [1.29, 1.82) is 0 Å². The SMILES string of the molecule is CC(C)CC(C(N)=O)N(Cc1ccc(NC(=O)CCN2CCCCC2)cc1)S(=O)(=O)c1ccc(Cl)cc1. The molecule has 202 valence electrons. The molecule has 1 atom stereocenters. The minimum absolute atomic E-state index is 0.0319. The van der Waals surface area contributed by atoms with Crippen LogP contribution in [0.4, 0.5) is 5.69 Å². The van der Waals surface area contributed by atoms with Crippen molar-refractivity contribution in [1.82, 2.24) is 9.21 Å². The Balaban J connectivity index is 1.74. The summed E-state index contributed by atoms with van der Waals surface area (Å²) < 4.78 is 28.4. The lowest BCUT2D eigenvalue weighted by molar-refractivity contribution is -0.122. The highest BCUT2D eigenvalue weighted by molar-refractivity contribution is 7.89. The third kappa shape index (κ3) is 8.53. The van der Waals surface area contributed by atoms with Crippen LogP contribution in [0.5, 0.6) is 0 Å². The van der Waals surface area contributed by atoms with Crippen LogP contribution < -0.4 is 11.1 Å². The standard InChI is InChI=1S/C27H37ClN4O4S/c1-20(2)18-25(27(29)34)32(37(35,36)24-12-8-22(28)9-13-24)19-21-6-10-23(11-7-21)30-26(33)14-17-31-15-4-3-5-16-31/h6-13,20,25H,3-5,14-19H2,1-2H3,(H2,29,34)(H,30,33). The Bertz CT molecular complexity index is 1150. The molecule has 3 rings (SSSR count). The third-order valence-electron chi connectivity index (χ3n) is 6.47. The number of amides is 2. The van der Waals surface area contributed by atoms with Gasteiger partial charge in [-0.25, -0.2) is 8.42 Å². The Hall–Kier alpha value is -2.46. The van der Waals surface area contributed by atoms with Gasteiger partial charge in [-0.15, -0.1) is 0 Å². The van der Waals surface area contributed by atoms with Crippen LogP contribution in [0.3, 0.4) is 0 Å². The molecular weight excluding hydrogens is 512 g/mol. The van der Waals surface area contributed by atoms with Crippen molar-refractivity contribution in [2.24, 2.45) is 11.7 Å². The molecule has 0 aliphatic carbocycles. The van der Waals surface area contributed by atoms with Gasteiger partial charge in [-0.1, -0.05) is 44.0 Å². The number of hydrogen-bond acceptors (Lipinski definition) is 5. The number of nitrogens with one attached hydrogen (secondary N) is 1. The maximum atomic E-state index is 13.6. The number of nitrogens with zero attached hydrogens (tertiary/aromatic N) is 2. The minimum atomic E-state index is -4.05. The van der Waals surface area contributed by atoms with E-state index in [1.165, 1.54) is 43.5 Å². The van der Waals surface area contributed by atoms with Crippen molar-refractivity contribution < 1.29 is 18.0 Å². The van der Waals surface area contributed by atoms with Gasteiger partial charge in [-0.05, 0) is 80.2 Å². The number of halogens is 1. The molecule has 1 aliphatic heterocycles. The fourth-order valence-electron chi connectivity index (χ4n) is 4.47. The highest BCUT2D eigenvalue weighted by atomic mass is 35.5. The molecule has 0 bridgehead atoms. The highest BCUT2D eigenvalue weighted by Gasteiger charge is 2.35. The first-order valence-corrected chi connectivity index (χ1v) is 14.6. The normalized spacial score (nSPS) is 15.6. The Labute approximate surface area is 225 Å². The Kier molecular flexibility index (Phi) is 10.5. The van der Waals surface area contributed by atoms with Crippen LogP contribution >= 0.6 is 11.6 Å². The zero-order valence-corrected chi connectivity index (χ0v) is 23.1. The van der Waals surface area contributed by atoms with Gasteiger partial charge in [0.1, 0.15) is 6.04 Å². The number of carbonyl (C=O) groups excluding carboxylic acids is 2. The molecule has 1 aliphatic rings. The summed E-state index contributed by atoms with van der Waals surface area (Å²) in [5, 5.41) is 3.32. The summed E-state index contributed by atoms with van der Waals surface area (Å²) in [6.07, 6.45) is 4.33. The second-order valence-electron chi connectivity index (χ2n) is 9.95. The first kappa shape index (κ1) is 29.1. The number of carbonyl (C=O) groups is 2. The molecule has 0 spiro atoms. The monoisotopic (exact) mass is 548 g/mol. The first-order chi connectivity index (χ1) is 17.6. The molecule has 0 aromatic heterocycles. The summed E-state index contributed by atoms with van der Waals surface area (Å²) in [6.45, 7) is 6.60. The quantitative estimate of drug-likeness (QED) is 0.412. The molecule has 2 amide bonds. The zero-order chi connectivity index (χ0) is 27.0. The van der Waals surface area contributed by atoms with E-state index in [1.807, 2.05) is 13.8 Å². The van der Waals surface area contributed by atoms with Crippen LogP contribution in [0.15, 0.2) is 53.4 Å². The molecule has 10 heteroatoms. The number of nitrogens with two attached hydrogens (primary N) is 1. The molecule has 8 nitrogen and oxygen atoms in total. The number of sulfonamides is 1. The van der Waals surface area contributed by atoms with E-state index in [1.54, 1.807) is 24.3 Å². The van der Waals surface area contributed by atoms with E-state index in [9.17, 15) is 18.0 Å². The van der Waals surface area contributed by atoms with Crippen LogP contribution in [0.1, 0.15) is 51.5 Å². The fourth-order valence-corrected chi connectivity index (χ4v) is 6.19. The molecule has 1 fully saturated rings. The number of piperidine rings is 1. The molecule has 0 radical (unpaired) electrons. The lowest BCUT2D eigenvalue weighted by Gasteiger charge is -2.30. The van der Waals surface area contributed by atoms with Crippen molar-refractivity contribution in [2.45, 2.75) is 63.4 Å². The second-order valence-corrected chi connectivity index (χ2v) is 12.3. The van der Waals surface area contributed by atoms with Crippen LogP contribution in [-0.4, -0.2) is 55.1 Å². The minimum Gasteiger partial charge on any atom is -0.368 e. The molecule has 0 saturated carbocycles. The fraction of sp³-hybridized carbons (Fsp3) is 0.481. The average Bonchev–Trinajstić information content (AvgIpc) is 2.86. The van der Waals surface area contributed by atoms with Crippen molar-refractivity contribution in [3.8, 4) is 0 Å². The molecule has 37 heavy (non-hydrogen) atoms. The third-order valence-corrected chi connectivity index (χ3v) is 8.59. The van der Waals surface area contributed by atoms with Crippen LogP contribution in [0, 0.1) is 5.92 Å². The Morgan fingerprint density at radius 1 is 1.03 bits per heavy atom. The second kappa shape index (κ2) is 13.4. The van der Waals surface area contributed by atoms with Crippen molar-refractivity contribution in [3.05, 3.63) is 59.1 Å². The van der Waals surface area contributed by atoms with E-state index in [0.29, 0.717) is 22.7 Å². The van der Waals surface area contributed by atoms with Gasteiger partial charge in [-0.2, -0.15) is 4.31 Å². The van der Waals surface area contributed by atoms with E-state index in [4.69, 9.17) is 17.3 Å². The summed E-state index contributed by atoms with van der Waals surface area (Å²) in [7, 11) is -4.05. The van der Waals surface area contributed by atoms with Gasteiger partial charge in [0.2, 0.25) is 21.8 Å². The van der Waals surface area contributed by atoms with Gasteiger partial charge >= 0.3 is 0 Å². The maximum Gasteiger partial charge on any atom is 0.244 e. The molecule has 1 heterocycles. The molecule has 3 N–H and O–H groups in total. The van der Waals surface area contributed by atoms with Gasteiger partial charge in [0.05, 0.1) is 4.90 Å². The van der Waals surface area contributed by atoms with Crippen LogP contribution in [0.2, 0.25) is 5.02 Å². The molecule has 2 aromatic carbocycles. The Morgan fingerprint density at radius 3 is 2.22 bits per heavy atom. The highest BCUT2D eigenvalue weighted by Crippen LogP contribution is 2.26. The number of primary amides is 1. The summed E-state index contributed by atoms with van der Waals surface area (Å²) in [5.74, 6) is -0.720. The largest absolute Gasteiger partial charge is 0.368 e. The van der Waals surface area contributed by atoms with Gasteiger partial charge in [0, 0.05) is 30.2 Å². The van der Waals surface area contributed by atoms with Gasteiger partial charge in [-0.3, -0.25) is 9.59 Å². The smallest absolute Gasteiger partial charge is 0.244 e. The summed E-state index contributed by atoms with van der Waals surface area (Å²) >= 11 is 5.95. The van der Waals surface area contributed by atoms with Gasteiger partial charge in [0.15, 0.2) is 0 Å². The van der Waals surface area contributed by atoms with Crippen molar-refractivity contribution in [3.63, 3.8) is 0 Å². The number of benzene rings is 2.